The Bertz CT molecular complexity index is 1140. The van der Waals surface area contributed by atoms with E-state index in [2.05, 4.69) is 20.5 Å². The summed E-state index contributed by atoms with van der Waals surface area (Å²) in [5.41, 5.74) is 2.38. The van der Waals surface area contributed by atoms with Crippen molar-refractivity contribution < 1.29 is 9.53 Å². The van der Waals surface area contributed by atoms with E-state index in [0.717, 1.165) is 23.7 Å². The third-order valence-corrected chi connectivity index (χ3v) is 4.31. The molecule has 3 heterocycles. The van der Waals surface area contributed by atoms with Crippen LogP contribution in [0.15, 0.2) is 43.0 Å². The van der Waals surface area contributed by atoms with Gasteiger partial charge in [0.05, 0.1) is 23.5 Å². The first-order valence-electron chi connectivity index (χ1n) is 8.41. The highest BCUT2D eigenvalue weighted by atomic mass is 16.5. The van der Waals surface area contributed by atoms with Gasteiger partial charge in [0.15, 0.2) is 5.65 Å². The summed E-state index contributed by atoms with van der Waals surface area (Å²) >= 11 is 0. The average Bonchev–Trinajstić information content (AvgIpc) is 3.21. The van der Waals surface area contributed by atoms with Gasteiger partial charge in [-0.25, -0.2) is 9.50 Å². The predicted octanol–water partition coefficient (Wildman–Crippen LogP) is 2.41. The van der Waals surface area contributed by atoms with Crippen LogP contribution in [0.4, 0.5) is 5.69 Å². The minimum absolute atomic E-state index is 0.213. The van der Waals surface area contributed by atoms with Crippen LogP contribution in [0.2, 0.25) is 0 Å². The van der Waals surface area contributed by atoms with Gasteiger partial charge in [-0.1, -0.05) is 0 Å². The summed E-state index contributed by atoms with van der Waals surface area (Å²) in [7, 11) is 1.87. The lowest BCUT2D eigenvalue weighted by atomic mass is 10.2. The number of ether oxygens (including phenoxy) is 1. The molecule has 1 amide bonds. The lowest BCUT2D eigenvalue weighted by molar-refractivity contribution is 0.102. The third kappa shape index (κ3) is 2.55. The van der Waals surface area contributed by atoms with Crippen LogP contribution in [0.5, 0.6) is 5.75 Å². The molecule has 1 N–H and O–H groups in total. The van der Waals surface area contributed by atoms with E-state index < -0.39 is 0 Å². The molecule has 8 nitrogen and oxygen atoms in total. The van der Waals surface area contributed by atoms with Crippen molar-refractivity contribution in [3.8, 4) is 5.75 Å². The summed E-state index contributed by atoms with van der Waals surface area (Å²) in [6.45, 7) is 0. The molecule has 0 saturated heterocycles. The number of hydrogen-bond acceptors (Lipinski definition) is 5. The summed E-state index contributed by atoms with van der Waals surface area (Å²) in [5.74, 6) is 0.360. The van der Waals surface area contributed by atoms with Gasteiger partial charge in [-0.15, -0.1) is 0 Å². The van der Waals surface area contributed by atoms with Crippen LogP contribution in [-0.4, -0.2) is 36.4 Å². The SMILES string of the molecule is Cn1cc2cc(NC(=O)c3cnn4cccnc34)c(OC3CC3)cc2n1. The Kier molecular flexibility index (Phi) is 3.18. The molecule has 0 atom stereocenters. The predicted molar refractivity (Wildman–Crippen MR) is 95.3 cm³/mol. The van der Waals surface area contributed by atoms with E-state index in [4.69, 9.17) is 4.74 Å². The summed E-state index contributed by atoms with van der Waals surface area (Å²) in [5, 5.41) is 12.5. The van der Waals surface area contributed by atoms with Crippen LogP contribution >= 0.6 is 0 Å². The Labute approximate surface area is 148 Å². The van der Waals surface area contributed by atoms with E-state index in [1.54, 1.807) is 27.7 Å². The topological polar surface area (TPSA) is 86.3 Å². The molecule has 0 bridgehead atoms. The summed E-state index contributed by atoms with van der Waals surface area (Å²) in [6, 6.07) is 5.52. The lowest BCUT2D eigenvalue weighted by Crippen LogP contribution is -2.13. The number of carbonyl (C=O) groups is 1. The molecule has 0 radical (unpaired) electrons. The second-order valence-corrected chi connectivity index (χ2v) is 6.43. The van der Waals surface area contributed by atoms with Crippen molar-refractivity contribution in [1.29, 1.82) is 0 Å². The van der Waals surface area contributed by atoms with Gasteiger partial charge in [-0.3, -0.25) is 9.48 Å². The molecule has 130 valence electrons. The summed E-state index contributed by atoms with van der Waals surface area (Å²) < 4.78 is 9.29. The first kappa shape index (κ1) is 14.9. The van der Waals surface area contributed by atoms with E-state index in [1.807, 2.05) is 25.4 Å². The van der Waals surface area contributed by atoms with Gasteiger partial charge < -0.3 is 10.1 Å². The lowest BCUT2D eigenvalue weighted by Gasteiger charge is -2.12. The molecular formula is C18H16N6O2. The molecule has 8 heteroatoms. The standard InChI is InChI=1S/C18H16N6O2/c1-23-10-11-7-15(16(8-14(11)22-23)26-12-3-4-12)21-18(25)13-9-20-24-6-2-5-19-17(13)24/h2,5-10,12H,3-4H2,1H3,(H,21,25). The number of nitrogens with one attached hydrogen (secondary N) is 1. The van der Waals surface area contributed by atoms with E-state index >= 15 is 0 Å². The summed E-state index contributed by atoms with van der Waals surface area (Å²) in [6.07, 6.45) is 9.09. The summed E-state index contributed by atoms with van der Waals surface area (Å²) in [4.78, 5) is 17.0. The van der Waals surface area contributed by atoms with Crippen LogP contribution in [0.25, 0.3) is 16.6 Å². The van der Waals surface area contributed by atoms with E-state index in [-0.39, 0.29) is 12.0 Å². The second-order valence-electron chi connectivity index (χ2n) is 6.43. The number of anilines is 1. The molecule has 0 unspecified atom stereocenters. The maximum Gasteiger partial charge on any atom is 0.261 e. The van der Waals surface area contributed by atoms with Crippen molar-refractivity contribution in [2.45, 2.75) is 18.9 Å². The number of aryl methyl sites for hydroxylation is 1. The highest BCUT2D eigenvalue weighted by molar-refractivity contribution is 6.09. The molecule has 0 spiro atoms. The molecule has 1 aliphatic rings. The number of benzene rings is 1. The zero-order chi connectivity index (χ0) is 17.7. The Hall–Kier alpha value is -3.42. The fraction of sp³-hybridized carbons (Fsp3) is 0.222. The number of rotatable bonds is 4. The van der Waals surface area contributed by atoms with Gasteiger partial charge in [0.25, 0.3) is 5.91 Å². The minimum atomic E-state index is -0.275. The number of amides is 1. The number of aromatic nitrogens is 5. The van der Waals surface area contributed by atoms with Crippen molar-refractivity contribution >= 4 is 28.1 Å². The van der Waals surface area contributed by atoms with Gasteiger partial charge in [0, 0.05) is 37.1 Å². The second kappa shape index (κ2) is 5.55. The highest BCUT2D eigenvalue weighted by Gasteiger charge is 2.26. The van der Waals surface area contributed by atoms with Crippen molar-refractivity contribution in [3.63, 3.8) is 0 Å². The van der Waals surface area contributed by atoms with Crippen LogP contribution in [0.1, 0.15) is 23.2 Å². The van der Waals surface area contributed by atoms with Gasteiger partial charge in [0.2, 0.25) is 0 Å². The molecule has 4 aromatic rings. The number of hydrogen-bond donors (Lipinski definition) is 1. The molecule has 26 heavy (non-hydrogen) atoms. The molecule has 3 aromatic heterocycles. The first-order valence-corrected chi connectivity index (χ1v) is 8.41. The molecule has 5 rings (SSSR count). The number of fused-ring (bicyclic) bond motifs is 2. The maximum atomic E-state index is 12.8. The zero-order valence-corrected chi connectivity index (χ0v) is 14.1. The largest absolute Gasteiger partial charge is 0.488 e. The maximum absolute atomic E-state index is 12.8. The van der Waals surface area contributed by atoms with Crippen molar-refractivity contribution in [3.05, 3.63) is 48.5 Å². The van der Waals surface area contributed by atoms with Crippen LogP contribution in [0, 0.1) is 0 Å². The molecule has 0 aliphatic heterocycles. The zero-order valence-electron chi connectivity index (χ0n) is 14.1. The highest BCUT2D eigenvalue weighted by Crippen LogP contribution is 2.35. The molecule has 1 aliphatic carbocycles. The fourth-order valence-electron chi connectivity index (χ4n) is 2.91. The Morgan fingerprint density at radius 2 is 2.23 bits per heavy atom. The van der Waals surface area contributed by atoms with Gasteiger partial charge in [-0.05, 0) is 25.0 Å². The van der Waals surface area contributed by atoms with Crippen LogP contribution in [0.3, 0.4) is 0 Å². The van der Waals surface area contributed by atoms with Gasteiger partial charge in [0.1, 0.15) is 11.3 Å². The normalized spacial score (nSPS) is 14.0. The number of carbonyl (C=O) groups excluding carboxylic acids is 1. The van der Waals surface area contributed by atoms with Crippen molar-refractivity contribution in [1.82, 2.24) is 24.4 Å². The van der Waals surface area contributed by atoms with Gasteiger partial charge >= 0.3 is 0 Å². The Morgan fingerprint density at radius 3 is 3.08 bits per heavy atom. The smallest absolute Gasteiger partial charge is 0.261 e. The van der Waals surface area contributed by atoms with Gasteiger partial charge in [-0.2, -0.15) is 10.2 Å². The van der Waals surface area contributed by atoms with E-state index in [0.29, 0.717) is 22.6 Å². The molecule has 1 aromatic carbocycles. The Balaban J connectivity index is 1.53. The molecular weight excluding hydrogens is 332 g/mol. The van der Waals surface area contributed by atoms with Crippen molar-refractivity contribution in [2.75, 3.05) is 5.32 Å². The molecule has 1 fully saturated rings. The quantitative estimate of drug-likeness (QED) is 0.612. The van der Waals surface area contributed by atoms with Crippen molar-refractivity contribution in [2.24, 2.45) is 7.05 Å². The van der Waals surface area contributed by atoms with Crippen LogP contribution < -0.4 is 10.1 Å². The number of nitrogens with zero attached hydrogens (tertiary/aromatic N) is 5. The van der Waals surface area contributed by atoms with E-state index in [1.165, 1.54) is 6.20 Å². The minimum Gasteiger partial charge on any atom is -0.488 e. The average molecular weight is 348 g/mol. The molecule has 1 saturated carbocycles. The van der Waals surface area contributed by atoms with E-state index in [9.17, 15) is 4.79 Å². The first-order chi connectivity index (χ1) is 12.7. The fourth-order valence-corrected chi connectivity index (χ4v) is 2.91. The third-order valence-electron chi connectivity index (χ3n) is 4.31. The van der Waals surface area contributed by atoms with Crippen LogP contribution in [-0.2, 0) is 7.05 Å². The monoisotopic (exact) mass is 348 g/mol. The Morgan fingerprint density at radius 1 is 1.35 bits per heavy atom.